The molecule has 0 aliphatic carbocycles. The second-order valence-corrected chi connectivity index (χ2v) is 6.31. The Morgan fingerprint density at radius 1 is 1.12 bits per heavy atom. The zero-order valence-corrected chi connectivity index (χ0v) is 13.5. The van der Waals surface area contributed by atoms with Crippen LogP contribution in [0.2, 0.25) is 0 Å². The number of nitrogens with one attached hydrogen (secondary N) is 1. The van der Waals surface area contributed by atoms with Crippen molar-refractivity contribution in [3.05, 3.63) is 54.6 Å². The molecule has 7 heteroatoms. The molecule has 122 valence electrons. The lowest BCUT2D eigenvalue weighted by molar-refractivity contribution is -0.121. The van der Waals surface area contributed by atoms with Crippen molar-refractivity contribution in [2.45, 2.75) is 11.7 Å². The van der Waals surface area contributed by atoms with Crippen LogP contribution in [0.25, 0.3) is 0 Å². The molecule has 3 N–H and O–H groups in total. The predicted molar refractivity (Wildman–Crippen MR) is 94.2 cm³/mol. The molecule has 1 heterocycles. The molecule has 1 aliphatic heterocycles. The van der Waals surface area contributed by atoms with Crippen molar-refractivity contribution < 1.29 is 14.3 Å². The zero-order chi connectivity index (χ0) is 16.9. The van der Waals surface area contributed by atoms with Gasteiger partial charge in [-0.1, -0.05) is 30.0 Å². The number of nitrogens with two attached hydrogens (primary N) is 1. The predicted octanol–water partition coefficient (Wildman–Crippen LogP) is 2.76. The van der Waals surface area contributed by atoms with E-state index in [1.54, 1.807) is 24.3 Å². The number of para-hydroxylation sites is 1. The van der Waals surface area contributed by atoms with Crippen LogP contribution in [0.3, 0.4) is 0 Å². The van der Waals surface area contributed by atoms with E-state index >= 15 is 0 Å². The molecule has 2 aromatic rings. The van der Waals surface area contributed by atoms with Crippen molar-refractivity contribution in [1.29, 1.82) is 0 Å². The van der Waals surface area contributed by atoms with Gasteiger partial charge < -0.3 is 15.8 Å². The number of benzene rings is 2. The van der Waals surface area contributed by atoms with Gasteiger partial charge in [-0.2, -0.15) is 4.99 Å². The van der Waals surface area contributed by atoms with E-state index in [4.69, 9.17) is 10.5 Å². The van der Waals surface area contributed by atoms with E-state index in [-0.39, 0.29) is 23.4 Å². The SMILES string of the molecule is NC1=NC(=O)C[C@@H](C(=O)Nc2ccc(Oc3ccccc3)cc2)S1. The average molecular weight is 341 g/mol. The maximum absolute atomic E-state index is 12.2. The fourth-order valence-electron chi connectivity index (χ4n) is 2.14. The van der Waals surface area contributed by atoms with Gasteiger partial charge in [-0.05, 0) is 36.4 Å². The first-order valence-corrected chi connectivity index (χ1v) is 8.15. The summed E-state index contributed by atoms with van der Waals surface area (Å²) in [4.78, 5) is 27.2. The van der Waals surface area contributed by atoms with E-state index in [0.717, 1.165) is 17.5 Å². The molecule has 0 saturated carbocycles. The number of thioether (sulfide) groups is 1. The molecule has 24 heavy (non-hydrogen) atoms. The normalized spacial score (nSPS) is 17.1. The fraction of sp³-hybridized carbons (Fsp3) is 0.118. The van der Waals surface area contributed by atoms with Crippen LogP contribution in [-0.4, -0.2) is 22.2 Å². The number of ether oxygens (including phenoxy) is 1. The first-order valence-electron chi connectivity index (χ1n) is 7.27. The minimum absolute atomic E-state index is 0.0480. The summed E-state index contributed by atoms with van der Waals surface area (Å²) >= 11 is 1.09. The second kappa shape index (κ2) is 7.18. The average Bonchev–Trinajstić information content (AvgIpc) is 2.57. The quantitative estimate of drug-likeness (QED) is 0.892. The number of hydrogen-bond donors (Lipinski definition) is 2. The van der Waals surface area contributed by atoms with Crippen LogP contribution in [0.1, 0.15) is 6.42 Å². The van der Waals surface area contributed by atoms with Crippen molar-refractivity contribution in [3.63, 3.8) is 0 Å². The summed E-state index contributed by atoms with van der Waals surface area (Å²) in [6.45, 7) is 0. The number of rotatable bonds is 4. The van der Waals surface area contributed by atoms with Crippen molar-refractivity contribution in [2.75, 3.05) is 5.32 Å². The third-order valence-electron chi connectivity index (χ3n) is 3.25. The highest BCUT2D eigenvalue weighted by molar-refractivity contribution is 8.15. The van der Waals surface area contributed by atoms with Crippen molar-refractivity contribution in [1.82, 2.24) is 0 Å². The summed E-state index contributed by atoms with van der Waals surface area (Å²) in [5.41, 5.74) is 6.16. The Kier molecular flexibility index (Phi) is 4.81. The van der Waals surface area contributed by atoms with Gasteiger partial charge in [0.2, 0.25) is 11.8 Å². The molecule has 0 spiro atoms. The molecule has 3 rings (SSSR count). The van der Waals surface area contributed by atoms with E-state index in [1.165, 1.54) is 0 Å². The first kappa shape index (κ1) is 16.1. The maximum Gasteiger partial charge on any atom is 0.249 e. The molecule has 2 aromatic carbocycles. The van der Waals surface area contributed by atoms with Crippen LogP contribution in [0.15, 0.2) is 59.6 Å². The molecule has 1 atom stereocenters. The van der Waals surface area contributed by atoms with E-state index in [0.29, 0.717) is 11.4 Å². The van der Waals surface area contributed by atoms with Gasteiger partial charge in [0.15, 0.2) is 5.17 Å². The standard InChI is InChI=1S/C17H15N3O3S/c18-17-20-15(21)10-14(24-17)16(22)19-11-6-8-13(9-7-11)23-12-4-2-1-3-5-12/h1-9,14H,10H2,(H,19,22)(H2,18,20,21)/t14-/m0/s1. The molecular formula is C17H15N3O3S. The lowest BCUT2D eigenvalue weighted by atomic mass is 10.2. The molecule has 6 nitrogen and oxygen atoms in total. The Bertz CT molecular complexity index is 775. The van der Waals surface area contributed by atoms with Crippen molar-refractivity contribution >= 4 is 34.4 Å². The van der Waals surface area contributed by atoms with Gasteiger partial charge in [-0.3, -0.25) is 9.59 Å². The summed E-state index contributed by atoms with van der Waals surface area (Å²) in [5.74, 6) is 0.750. The highest BCUT2D eigenvalue weighted by Crippen LogP contribution is 2.25. The molecule has 2 amide bonds. The van der Waals surface area contributed by atoms with Crippen LogP contribution in [0, 0.1) is 0 Å². The lowest BCUT2D eigenvalue weighted by Gasteiger charge is -2.17. The molecule has 0 bridgehead atoms. The van der Waals surface area contributed by atoms with E-state index < -0.39 is 5.25 Å². The van der Waals surface area contributed by atoms with Gasteiger partial charge in [0, 0.05) is 5.69 Å². The van der Waals surface area contributed by atoms with Crippen LogP contribution in [-0.2, 0) is 9.59 Å². The number of nitrogens with zero attached hydrogens (tertiary/aromatic N) is 1. The summed E-state index contributed by atoms with van der Waals surface area (Å²) < 4.78 is 5.69. The Hall–Kier alpha value is -2.80. The smallest absolute Gasteiger partial charge is 0.249 e. The number of carbonyl (C=O) groups excluding carboxylic acids is 2. The van der Waals surface area contributed by atoms with Gasteiger partial charge in [0.1, 0.15) is 16.7 Å². The highest BCUT2D eigenvalue weighted by Gasteiger charge is 2.27. The molecular weight excluding hydrogens is 326 g/mol. The molecule has 0 unspecified atom stereocenters. The van der Waals surface area contributed by atoms with Crippen LogP contribution in [0.5, 0.6) is 11.5 Å². The maximum atomic E-state index is 12.2. The molecule has 0 radical (unpaired) electrons. The van der Waals surface area contributed by atoms with Gasteiger partial charge in [0.05, 0.1) is 6.42 Å². The van der Waals surface area contributed by atoms with E-state index in [9.17, 15) is 9.59 Å². The van der Waals surface area contributed by atoms with Gasteiger partial charge in [0.25, 0.3) is 0 Å². The van der Waals surface area contributed by atoms with Gasteiger partial charge in [-0.25, -0.2) is 0 Å². The summed E-state index contributed by atoms with van der Waals surface area (Å²) in [5, 5.41) is 2.33. The van der Waals surface area contributed by atoms with E-state index in [1.807, 2.05) is 30.3 Å². The Morgan fingerprint density at radius 3 is 2.46 bits per heavy atom. The summed E-state index contributed by atoms with van der Waals surface area (Å²) in [6, 6.07) is 16.4. The first-order chi connectivity index (χ1) is 11.6. The van der Waals surface area contributed by atoms with E-state index in [2.05, 4.69) is 10.3 Å². The number of amides is 2. The number of aliphatic imine (C=N–C) groups is 1. The number of carbonyl (C=O) groups is 2. The number of anilines is 1. The number of hydrogen-bond acceptors (Lipinski definition) is 5. The fourth-order valence-corrected chi connectivity index (χ4v) is 2.98. The zero-order valence-electron chi connectivity index (χ0n) is 12.6. The highest BCUT2D eigenvalue weighted by atomic mass is 32.2. The molecule has 0 saturated heterocycles. The van der Waals surface area contributed by atoms with Crippen LogP contribution < -0.4 is 15.8 Å². The van der Waals surface area contributed by atoms with Crippen molar-refractivity contribution in [3.8, 4) is 11.5 Å². The Labute approximate surface area is 143 Å². The Morgan fingerprint density at radius 2 is 1.79 bits per heavy atom. The Balaban J connectivity index is 1.61. The minimum Gasteiger partial charge on any atom is -0.457 e. The van der Waals surface area contributed by atoms with Crippen LogP contribution >= 0.6 is 11.8 Å². The third kappa shape index (κ3) is 4.14. The second-order valence-electron chi connectivity index (χ2n) is 5.08. The molecule has 0 fully saturated rings. The van der Waals surface area contributed by atoms with Gasteiger partial charge >= 0.3 is 0 Å². The summed E-state index contributed by atoms with van der Waals surface area (Å²) in [6.07, 6.45) is 0.0480. The lowest BCUT2D eigenvalue weighted by Crippen LogP contribution is -2.33. The molecule has 0 aromatic heterocycles. The largest absolute Gasteiger partial charge is 0.457 e. The topological polar surface area (TPSA) is 93.8 Å². The summed E-state index contributed by atoms with van der Waals surface area (Å²) in [7, 11) is 0. The number of amidine groups is 1. The van der Waals surface area contributed by atoms with Crippen LogP contribution in [0.4, 0.5) is 5.69 Å². The third-order valence-corrected chi connectivity index (χ3v) is 4.25. The van der Waals surface area contributed by atoms with Gasteiger partial charge in [-0.15, -0.1) is 0 Å². The van der Waals surface area contributed by atoms with Crippen molar-refractivity contribution in [2.24, 2.45) is 10.7 Å². The minimum atomic E-state index is -0.560. The molecule has 1 aliphatic rings. The monoisotopic (exact) mass is 341 g/mol.